The lowest BCUT2D eigenvalue weighted by Crippen LogP contribution is -2.45. The largest absolute Gasteiger partial charge is 0.493 e. The van der Waals surface area contributed by atoms with Crippen LogP contribution in [0.25, 0.3) is 0 Å². The Kier molecular flexibility index (Phi) is 5.64. The molecule has 0 saturated carbocycles. The summed E-state index contributed by atoms with van der Waals surface area (Å²) in [5.41, 5.74) is 2.68. The first-order chi connectivity index (χ1) is 13.0. The third-order valence-electron chi connectivity index (χ3n) is 4.86. The Labute approximate surface area is 159 Å². The second kappa shape index (κ2) is 8.12. The smallest absolute Gasteiger partial charge is 0.255 e. The van der Waals surface area contributed by atoms with Crippen LogP contribution in [0.3, 0.4) is 0 Å². The zero-order valence-corrected chi connectivity index (χ0v) is 15.8. The minimum absolute atomic E-state index is 0.0897. The molecule has 1 aliphatic rings. The maximum absolute atomic E-state index is 12.5. The van der Waals surface area contributed by atoms with Crippen LogP contribution in [0.5, 0.6) is 11.5 Å². The van der Waals surface area contributed by atoms with Crippen molar-refractivity contribution in [1.29, 1.82) is 0 Å². The van der Waals surface area contributed by atoms with Crippen LogP contribution in [0.15, 0.2) is 42.5 Å². The molecule has 0 bridgehead atoms. The number of carbonyl (C=O) groups excluding carboxylic acids is 2. The number of fused-ring (bicyclic) bond motifs is 1. The number of benzene rings is 2. The zero-order chi connectivity index (χ0) is 19.4. The van der Waals surface area contributed by atoms with Crippen molar-refractivity contribution >= 4 is 11.8 Å². The Morgan fingerprint density at radius 3 is 2.59 bits per heavy atom. The van der Waals surface area contributed by atoms with Gasteiger partial charge in [-0.05, 0) is 42.7 Å². The van der Waals surface area contributed by atoms with Crippen molar-refractivity contribution in [2.75, 3.05) is 20.8 Å². The summed E-state index contributed by atoms with van der Waals surface area (Å²) in [5.74, 6) is 1.09. The molecule has 0 spiro atoms. The normalized spacial score (nSPS) is 13.9. The van der Waals surface area contributed by atoms with Crippen LogP contribution in [0.1, 0.15) is 28.4 Å². The van der Waals surface area contributed by atoms with Gasteiger partial charge in [-0.2, -0.15) is 0 Å². The molecule has 1 aliphatic heterocycles. The summed E-state index contributed by atoms with van der Waals surface area (Å²) in [6, 6.07) is 12.6. The van der Waals surface area contributed by atoms with E-state index in [-0.39, 0.29) is 11.8 Å². The predicted octanol–water partition coefficient (Wildman–Crippen LogP) is 2.41. The molecule has 6 heteroatoms. The lowest BCUT2D eigenvalue weighted by Gasteiger charge is -2.23. The van der Waals surface area contributed by atoms with Crippen molar-refractivity contribution in [3.63, 3.8) is 0 Å². The Balaban J connectivity index is 1.55. The quantitative estimate of drug-likeness (QED) is 0.815. The van der Waals surface area contributed by atoms with E-state index < -0.39 is 6.04 Å². The van der Waals surface area contributed by atoms with E-state index in [0.29, 0.717) is 36.6 Å². The highest BCUT2D eigenvalue weighted by molar-refractivity contribution is 6.01. The van der Waals surface area contributed by atoms with Gasteiger partial charge in [-0.1, -0.05) is 24.3 Å². The molecule has 0 radical (unpaired) electrons. The molecule has 3 rings (SSSR count). The highest BCUT2D eigenvalue weighted by Gasteiger charge is 2.33. The fourth-order valence-corrected chi connectivity index (χ4v) is 3.25. The van der Waals surface area contributed by atoms with Crippen molar-refractivity contribution in [2.45, 2.75) is 25.9 Å². The Hall–Kier alpha value is -3.02. The SMILES string of the molecule is COc1ccc(CCNC(=O)C(C)N2Cc3ccccc3C2=O)cc1OC. The Morgan fingerprint density at radius 2 is 1.89 bits per heavy atom. The summed E-state index contributed by atoms with van der Waals surface area (Å²) in [7, 11) is 3.19. The van der Waals surface area contributed by atoms with Crippen molar-refractivity contribution in [1.82, 2.24) is 10.2 Å². The lowest BCUT2D eigenvalue weighted by atomic mass is 10.1. The third-order valence-corrected chi connectivity index (χ3v) is 4.86. The predicted molar refractivity (Wildman–Crippen MR) is 102 cm³/mol. The molecule has 1 N–H and O–H groups in total. The summed E-state index contributed by atoms with van der Waals surface area (Å²) >= 11 is 0. The summed E-state index contributed by atoms with van der Waals surface area (Å²) < 4.78 is 10.5. The molecule has 2 aromatic rings. The monoisotopic (exact) mass is 368 g/mol. The van der Waals surface area contributed by atoms with E-state index in [1.165, 1.54) is 0 Å². The fourth-order valence-electron chi connectivity index (χ4n) is 3.25. The molecule has 142 valence electrons. The standard InChI is InChI=1S/C21H24N2O4/c1-14(23-13-16-6-4-5-7-17(16)21(23)25)20(24)22-11-10-15-8-9-18(26-2)19(12-15)27-3/h4-9,12,14H,10-11,13H2,1-3H3,(H,22,24). The molecule has 27 heavy (non-hydrogen) atoms. The van der Waals surface area contributed by atoms with Crippen LogP contribution < -0.4 is 14.8 Å². The minimum Gasteiger partial charge on any atom is -0.493 e. The second-order valence-electron chi connectivity index (χ2n) is 6.50. The minimum atomic E-state index is -0.518. The molecule has 2 aromatic carbocycles. The summed E-state index contributed by atoms with van der Waals surface area (Å²) in [6.45, 7) is 2.71. The maximum Gasteiger partial charge on any atom is 0.255 e. The van der Waals surface area contributed by atoms with Gasteiger partial charge in [0.25, 0.3) is 5.91 Å². The van der Waals surface area contributed by atoms with Crippen LogP contribution >= 0.6 is 0 Å². The Morgan fingerprint density at radius 1 is 1.15 bits per heavy atom. The van der Waals surface area contributed by atoms with E-state index in [1.54, 1.807) is 32.1 Å². The van der Waals surface area contributed by atoms with E-state index in [4.69, 9.17) is 9.47 Å². The molecule has 0 saturated heterocycles. The van der Waals surface area contributed by atoms with Crippen LogP contribution in [-0.4, -0.2) is 43.5 Å². The number of amides is 2. The van der Waals surface area contributed by atoms with Gasteiger partial charge in [0.15, 0.2) is 11.5 Å². The van der Waals surface area contributed by atoms with Gasteiger partial charge in [0.05, 0.1) is 14.2 Å². The number of carbonyl (C=O) groups is 2. The van der Waals surface area contributed by atoms with Crippen LogP contribution in [0, 0.1) is 0 Å². The number of nitrogens with zero attached hydrogens (tertiary/aromatic N) is 1. The zero-order valence-electron chi connectivity index (χ0n) is 15.8. The van der Waals surface area contributed by atoms with Gasteiger partial charge < -0.3 is 19.7 Å². The van der Waals surface area contributed by atoms with Gasteiger partial charge in [-0.15, -0.1) is 0 Å². The molecular formula is C21H24N2O4. The number of nitrogens with one attached hydrogen (secondary N) is 1. The molecule has 6 nitrogen and oxygen atoms in total. The first-order valence-electron chi connectivity index (χ1n) is 8.92. The molecule has 1 unspecified atom stereocenters. The van der Waals surface area contributed by atoms with Gasteiger partial charge in [0.2, 0.25) is 5.91 Å². The van der Waals surface area contributed by atoms with Crippen LogP contribution in [0.2, 0.25) is 0 Å². The molecular weight excluding hydrogens is 344 g/mol. The highest BCUT2D eigenvalue weighted by Crippen LogP contribution is 2.27. The summed E-state index contributed by atoms with van der Waals surface area (Å²) in [6.07, 6.45) is 0.660. The maximum atomic E-state index is 12.5. The topological polar surface area (TPSA) is 67.9 Å². The molecule has 0 fully saturated rings. The lowest BCUT2D eigenvalue weighted by molar-refractivity contribution is -0.125. The van der Waals surface area contributed by atoms with E-state index >= 15 is 0 Å². The van der Waals surface area contributed by atoms with E-state index in [9.17, 15) is 9.59 Å². The highest BCUT2D eigenvalue weighted by atomic mass is 16.5. The number of hydrogen-bond acceptors (Lipinski definition) is 4. The van der Waals surface area contributed by atoms with E-state index in [1.807, 2.05) is 36.4 Å². The molecule has 0 aromatic heterocycles. The summed E-state index contributed by atoms with van der Waals surface area (Å²) in [4.78, 5) is 26.6. The molecule has 1 heterocycles. The Bertz CT molecular complexity index is 850. The van der Waals surface area contributed by atoms with Gasteiger partial charge in [-0.3, -0.25) is 9.59 Å². The van der Waals surface area contributed by atoms with Crippen LogP contribution in [-0.2, 0) is 17.8 Å². The van der Waals surface area contributed by atoms with E-state index in [2.05, 4.69) is 5.32 Å². The number of methoxy groups -OCH3 is 2. The van der Waals surface area contributed by atoms with Crippen molar-refractivity contribution in [2.24, 2.45) is 0 Å². The summed E-state index contributed by atoms with van der Waals surface area (Å²) in [5, 5.41) is 2.92. The van der Waals surface area contributed by atoms with Gasteiger partial charge in [0, 0.05) is 18.7 Å². The van der Waals surface area contributed by atoms with Gasteiger partial charge >= 0.3 is 0 Å². The average molecular weight is 368 g/mol. The number of rotatable bonds is 7. The van der Waals surface area contributed by atoms with E-state index in [0.717, 1.165) is 11.1 Å². The van der Waals surface area contributed by atoms with Gasteiger partial charge in [-0.25, -0.2) is 0 Å². The third kappa shape index (κ3) is 3.89. The van der Waals surface area contributed by atoms with Crippen molar-refractivity contribution in [3.8, 4) is 11.5 Å². The number of hydrogen-bond donors (Lipinski definition) is 1. The molecule has 2 amide bonds. The fraction of sp³-hybridized carbons (Fsp3) is 0.333. The average Bonchev–Trinajstić information content (AvgIpc) is 3.04. The van der Waals surface area contributed by atoms with Crippen molar-refractivity contribution < 1.29 is 19.1 Å². The van der Waals surface area contributed by atoms with Crippen molar-refractivity contribution in [3.05, 3.63) is 59.2 Å². The number of ether oxygens (including phenoxy) is 2. The first-order valence-corrected chi connectivity index (χ1v) is 8.92. The van der Waals surface area contributed by atoms with Crippen LogP contribution in [0.4, 0.5) is 0 Å². The van der Waals surface area contributed by atoms with Gasteiger partial charge in [0.1, 0.15) is 6.04 Å². The second-order valence-corrected chi connectivity index (χ2v) is 6.50. The molecule has 0 aliphatic carbocycles. The first kappa shape index (κ1) is 18.8. The molecule has 1 atom stereocenters.